The fraction of sp³-hybridized carbons (Fsp3) is 0.429. The molecule has 8 heteroatoms. The fourth-order valence-corrected chi connectivity index (χ4v) is 3.40. The second-order valence-electron chi connectivity index (χ2n) is 5.51. The zero-order chi connectivity index (χ0) is 15.9. The Labute approximate surface area is 131 Å². The second-order valence-corrected chi connectivity index (χ2v) is 5.89. The predicted molar refractivity (Wildman–Crippen MR) is 82.9 cm³/mol. The van der Waals surface area contributed by atoms with Crippen LogP contribution < -0.4 is 16.4 Å². The maximum absolute atomic E-state index is 14.3. The van der Waals surface area contributed by atoms with Gasteiger partial charge in [0.25, 0.3) is 0 Å². The minimum absolute atomic E-state index is 0.0270. The van der Waals surface area contributed by atoms with Crippen molar-refractivity contribution in [1.29, 1.82) is 0 Å². The zero-order valence-electron chi connectivity index (χ0n) is 11.8. The summed E-state index contributed by atoms with van der Waals surface area (Å²) in [7, 11) is 0. The van der Waals surface area contributed by atoms with Gasteiger partial charge in [0.05, 0.1) is 0 Å². The molecule has 0 amide bonds. The van der Waals surface area contributed by atoms with E-state index in [-0.39, 0.29) is 22.6 Å². The molecule has 0 atom stereocenters. The maximum Gasteiger partial charge on any atom is 0.220 e. The van der Waals surface area contributed by atoms with Crippen LogP contribution in [-0.2, 0) is 0 Å². The summed E-state index contributed by atoms with van der Waals surface area (Å²) in [6.07, 6.45) is 4.05. The van der Waals surface area contributed by atoms with Crippen molar-refractivity contribution in [2.45, 2.75) is 37.8 Å². The third-order valence-corrected chi connectivity index (χ3v) is 4.45. The largest absolute Gasteiger partial charge is 0.369 e. The molecule has 5 nitrogen and oxygen atoms in total. The van der Waals surface area contributed by atoms with Crippen molar-refractivity contribution in [3.05, 3.63) is 28.8 Å². The van der Waals surface area contributed by atoms with E-state index in [1.807, 2.05) is 0 Å². The van der Waals surface area contributed by atoms with Gasteiger partial charge < -0.3 is 11.5 Å². The number of guanidine groups is 2. The molecule has 1 fully saturated rings. The third kappa shape index (κ3) is 2.29. The van der Waals surface area contributed by atoms with Gasteiger partial charge in [-0.2, -0.15) is 4.99 Å². The third-order valence-electron chi connectivity index (χ3n) is 4.09. The van der Waals surface area contributed by atoms with E-state index in [4.69, 9.17) is 23.1 Å². The lowest BCUT2D eigenvalue weighted by atomic mass is 9.87. The Morgan fingerprint density at radius 2 is 1.73 bits per heavy atom. The summed E-state index contributed by atoms with van der Waals surface area (Å²) >= 11 is 5.99. The van der Waals surface area contributed by atoms with Crippen LogP contribution in [0.4, 0.5) is 14.5 Å². The summed E-state index contributed by atoms with van der Waals surface area (Å²) in [6.45, 7) is 0. The molecule has 1 heterocycles. The van der Waals surface area contributed by atoms with Crippen molar-refractivity contribution in [3.63, 3.8) is 0 Å². The lowest BCUT2D eigenvalue weighted by Crippen LogP contribution is -2.58. The van der Waals surface area contributed by atoms with Crippen LogP contribution in [0.15, 0.2) is 22.1 Å². The van der Waals surface area contributed by atoms with E-state index in [1.54, 1.807) is 0 Å². The number of hydrogen-bond donors (Lipinski definition) is 2. The normalized spacial score (nSPS) is 20.8. The van der Waals surface area contributed by atoms with Gasteiger partial charge in [0, 0.05) is 0 Å². The van der Waals surface area contributed by atoms with Gasteiger partial charge in [0.1, 0.15) is 28.0 Å². The Hall–Kier alpha value is -1.89. The number of nitrogens with two attached hydrogens (primary N) is 2. The van der Waals surface area contributed by atoms with E-state index in [1.165, 1.54) is 4.90 Å². The van der Waals surface area contributed by atoms with Gasteiger partial charge in [-0.1, -0.05) is 18.0 Å². The first-order valence-corrected chi connectivity index (χ1v) is 7.46. The minimum atomic E-state index is -0.855. The van der Waals surface area contributed by atoms with Gasteiger partial charge in [-0.3, -0.25) is 4.90 Å². The number of nitrogens with zero attached hydrogens (tertiary/aromatic N) is 3. The standard InChI is InChI=1S/C14H16ClF2N5/c15-10-8(16)4-5-9(17)11(10)22-13(19)20-12(18)21-14(22)6-2-1-3-7-14/h4-5H,1-3,6-7H2,(H4,18,19,20,21). The van der Waals surface area contributed by atoms with Crippen molar-refractivity contribution < 1.29 is 8.78 Å². The molecule has 4 N–H and O–H groups in total. The summed E-state index contributed by atoms with van der Waals surface area (Å²) in [5.74, 6) is -1.38. The topological polar surface area (TPSA) is 80.0 Å². The van der Waals surface area contributed by atoms with Gasteiger partial charge in [-0.25, -0.2) is 13.8 Å². The van der Waals surface area contributed by atoms with E-state index < -0.39 is 17.3 Å². The summed E-state index contributed by atoms with van der Waals surface area (Å²) in [4.78, 5) is 9.69. The summed E-state index contributed by atoms with van der Waals surface area (Å²) < 4.78 is 28.1. The SMILES string of the molecule is NC1=NC2(CCCCC2)N(c2c(F)ccc(F)c2Cl)C(N)=N1. The highest BCUT2D eigenvalue weighted by atomic mass is 35.5. The molecule has 118 valence electrons. The Balaban J connectivity index is 2.19. The average Bonchev–Trinajstić information content (AvgIpc) is 2.47. The number of benzene rings is 1. The molecule has 0 unspecified atom stereocenters. The highest BCUT2D eigenvalue weighted by molar-refractivity contribution is 6.34. The molecule has 1 aromatic carbocycles. The summed E-state index contributed by atoms with van der Waals surface area (Å²) in [5.41, 5.74) is 10.7. The summed E-state index contributed by atoms with van der Waals surface area (Å²) in [6, 6.07) is 1.99. The van der Waals surface area contributed by atoms with Crippen LogP contribution in [-0.4, -0.2) is 17.6 Å². The van der Waals surface area contributed by atoms with Crippen LogP contribution in [0, 0.1) is 11.6 Å². The van der Waals surface area contributed by atoms with E-state index in [9.17, 15) is 8.78 Å². The van der Waals surface area contributed by atoms with Crippen molar-refractivity contribution in [1.82, 2.24) is 0 Å². The molecule has 1 saturated carbocycles. The van der Waals surface area contributed by atoms with Crippen molar-refractivity contribution in [2.24, 2.45) is 21.5 Å². The van der Waals surface area contributed by atoms with E-state index in [2.05, 4.69) is 9.98 Å². The Kier molecular flexibility index (Phi) is 3.68. The van der Waals surface area contributed by atoms with Gasteiger partial charge in [-0.05, 0) is 37.8 Å². The molecular weight excluding hydrogens is 312 g/mol. The number of halogens is 3. The second kappa shape index (κ2) is 5.39. The lowest BCUT2D eigenvalue weighted by molar-refractivity contribution is 0.303. The van der Waals surface area contributed by atoms with Crippen molar-refractivity contribution in [2.75, 3.05) is 4.90 Å². The van der Waals surface area contributed by atoms with Crippen molar-refractivity contribution in [3.8, 4) is 0 Å². The van der Waals surface area contributed by atoms with E-state index >= 15 is 0 Å². The zero-order valence-corrected chi connectivity index (χ0v) is 12.6. The first kappa shape index (κ1) is 15.0. The fourth-order valence-electron chi connectivity index (χ4n) is 3.17. The quantitative estimate of drug-likeness (QED) is 0.778. The van der Waals surface area contributed by atoms with Crippen LogP contribution in [0.5, 0.6) is 0 Å². The molecule has 1 aliphatic heterocycles. The number of aliphatic imine (C=N–C) groups is 2. The lowest BCUT2D eigenvalue weighted by Gasteiger charge is -2.45. The van der Waals surface area contributed by atoms with E-state index in [0.29, 0.717) is 12.8 Å². The van der Waals surface area contributed by atoms with Crippen LogP contribution in [0.1, 0.15) is 32.1 Å². The molecule has 0 aromatic heterocycles. The Morgan fingerprint density at radius 1 is 1.09 bits per heavy atom. The molecular formula is C14H16ClF2N5. The molecule has 1 aliphatic carbocycles. The van der Waals surface area contributed by atoms with Gasteiger partial charge in [-0.15, -0.1) is 0 Å². The highest BCUT2D eigenvalue weighted by Gasteiger charge is 2.44. The van der Waals surface area contributed by atoms with Crippen LogP contribution >= 0.6 is 11.6 Å². The van der Waals surface area contributed by atoms with Gasteiger partial charge in [0.2, 0.25) is 11.9 Å². The number of rotatable bonds is 1. The monoisotopic (exact) mass is 327 g/mol. The average molecular weight is 328 g/mol. The predicted octanol–water partition coefficient (Wildman–Crippen LogP) is 2.73. The van der Waals surface area contributed by atoms with Crippen LogP contribution in [0.25, 0.3) is 0 Å². The maximum atomic E-state index is 14.3. The molecule has 0 saturated heterocycles. The molecule has 0 radical (unpaired) electrons. The number of hydrogen-bond acceptors (Lipinski definition) is 5. The van der Waals surface area contributed by atoms with Gasteiger partial charge in [0.15, 0.2) is 0 Å². The van der Waals surface area contributed by atoms with Gasteiger partial charge >= 0.3 is 0 Å². The molecule has 1 aromatic rings. The van der Waals surface area contributed by atoms with Crippen molar-refractivity contribution >= 4 is 29.2 Å². The minimum Gasteiger partial charge on any atom is -0.369 e. The molecule has 1 spiro atoms. The Morgan fingerprint density at radius 3 is 2.41 bits per heavy atom. The number of anilines is 1. The Bertz CT molecular complexity index is 667. The van der Waals surface area contributed by atoms with Crippen LogP contribution in [0.2, 0.25) is 5.02 Å². The molecule has 2 aliphatic rings. The van der Waals surface area contributed by atoms with Crippen LogP contribution in [0.3, 0.4) is 0 Å². The molecule has 22 heavy (non-hydrogen) atoms. The molecule has 0 bridgehead atoms. The highest BCUT2D eigenvalue weighted by Crippen LogP contribution is 2.43. The first-order chi connectivity index (χ1) is 10.4. The summed E-state index contributed by atoms with van der Waals surface area (Å²) in [5, 5.41) is -0.334. The molecule has 3 rings (SSSR count). The first-order valence-electron chi connectivity index (χ1n) is 7.08. The van der Waals surface area contributed by atoms with E-state index in [0.717, 1.165) is 31.4 Å². The smallest absolute Gasteiger partial charge is 0.220 e.